The fourth-order valence-electron chi connectivity index (χ4n) is 6.75. The van der Waals surface area contributed by atoms with Gasteiger partial charge in [0.05, 0.1) is 54.8 Å². The largest absolute Gasteiger partial charge is 0.494 e. The number of carbonyl (C=O) groups is 4. The molecule has 6 rings (SSSR count). The van der Waals surface area contributed by atoms with Crippen LogP contribution in [-0.4, -0.2) is 61.2 Å². The summed E-state index contributed by atoms with van der Waals surface area (Å²) >= 11 is 0. The zero-order chi connectivity index (χ0) is 45.1. The summed E-state index contributed by atoms with van der Waals surface area (Å²) in [7, 11) is 0. The molecule has 0 bridgehead atoms. The molecule has 12 heteroatoms. The SMILES string of the molecule is C=CC(=O)OCCCCCCOc1ccc(C(=O)Oc2ccc(OC(=O)c3ccc(OCCCCCCOC(=O)C=C)cc3)c(/C=N/n3c4ccccc4c4cc(C)ccc43)c2)cc1. The third-order valence-electron chi connectivity index (χ3n) is 10.1. The van der Waals surface area contributed by atoms with E-state index in [0.717, 1.165) is 90.9 Å². The van der Waals surface area contributed by atoms with E-state index in [1.165, 1.54) is 0 Å². The van der Waals surface area contributed by atoms with Crippen LogP contribution in [0.25, 0.3) is 21.8 Å². The molecule has 0 aliphatic rings. The van der Waals surface area contributed by atoms with Gasteiger partial charge in [0.25, 0.3) is 0 Å². The Morgan fingerprint density at radius 3 is 1.64 bits per heavy atom. The number of ether oxygens (including phenoxy) is 6. The van der Waals surface area contributed by atoms with Crippen molar-refractivity contribution in [1.82, 2.24) is 4.68 Å². The molecule has 0 radical (unpaired) electrons. The van der Waals surface area contributed by atoms with Crippen LogP contribution in [0.2, 0.25) is 0 Å². The first-order valence-corrected chi connectivity index (χ1v) is 21.4. The number of para-hydroxylation sites is 1. The van der Waals surface area contributed by atoms with E-state index in [2.05, 4.69) is 25.3 Å². The van der Waals surface area contributed by atoms with Gasteiger partial charge in [-0.05, 0) is 143 Å². The second kappa shape index (κ2) is 23.7. The van der Waals surface area contributed by atoms with Crippen LogP contribution in [0.1, 0.15) is 83.2 Å². The fraction of sp³-hybridized carbons (Fsp3) is 0.250. The molecule has 0 atom stereocenters. The van der Waals surface area contributed by atoms with Gasteiger partial charge in [-0.2, -0.15) is 5.10 Å². The number of rotatable bonds is 24. The van der Waals surface area contributed by atoms with E-state index in [0.29, 0.717) is 54.6 Å². The molecule has 0 saturated carbocycles. The third kappa shape index (κ3) is 13.3. The summed E-state index contributed by atoms with van der Waals surface area (Å²) in [4.78, 5) is 49.2. The molecule has 0 amide bonds. The van der Waals surface area contributed by atoms with Gasteiger partial charge in [0.15, 0.2) is 0 Å². The Morgan fingerprint density at radius 1 is 0.547 bits per heavy atom. The minimum Gasteiger partial charge on any atom is -0.494 e. The van der Waals surface area contributed by atoms with Crippen LogP contribution < -0.4 is 18.9 Å². The van der Waals surface area contributed by atoms with E-state index in [-0.39, 0.29) is 11.5 Å². The van der Waals surface area contributed by atoms with Crippen LogP contribution in [-0.2, 0) is 19.1 Å². The lowest BCUT2D eigenvalue weighted by Crippen LogP contribution is -2.11. The van der Waals surface area contributed by atoms with Crippen molar-refractivity contribution in [1.29, 1.82) is 0 Å². The Hall–Kier alpha value is -7.47. The summed E-state index contributed by atoms with van der Waals surface area (Å²) in [6.45, 7) is 10.6. The van der Waals surface area contributed by atoms with E-state index in [1.54, 1.807) is 72.9 Å². The summed E-state index contributed by atoms with van der Waals surface area (Å²) in [6, 6.07) is 32.3. The van der Waals surface area contributed by atoms with Crippen molar-refractivity contribution in [2.75, 3.05) is 26.4 Å². The Bertz CT molecular complexity index is 2590. The standard InChI is InChI=1S/C52H52N2O10/c1-4-49(55)61-32-14-8-6-12-30-59-41-23-19-38(20-24-41)51(57)63-43-27-29-48(40(35-43)36-53-54-46-17-11-10-16-44(46)45-34-37(3)18-28-47(45)54)64-52(58)39-21-25-42(26-22-39)60-31-13-7-9-15-33-62-50(56)5-2/h4-5,10-11,16-29,34-36H,1-2,6-9,12-15,30-33H2,3H3/b53-36+. The van der Waals surface area contributed by atoms with E-state index in [1.807, 2.05) is 41.9 Å². The Kier molecular flexibility index (Phi) is 17.0. The van der Waals surface area contributed by atoms with Crippen LogP contribution in [0.5, 0.6) is 23.0 Å². The molecule has 1 aromatic heterocycles. The molecule has 0 N–H and O–H groups in total. The smallest absolute Gasteiger partial charge is 0.343 e. The quantitative estimate of drug-likeness (QED) is 0.0190. The molecule has 5 aromatic carbocycles. The van der Waals surface area contributed by atoms with Crippen molar-refractivity contribution in [2.24, 2.45) is 5.10 Å². The Labute approximate surface area is 372 Å². The monoisotopic (exact) mass is 864 g/mol. The molecule has 0 spiro atoms. The number of esters is 4. The highest BCUT2D eigenvalue weighted by Crippen LogP contribution is 2.31. The molecule has 6 aromatic rings. The second-order valence-corrected chi connectivity index (χ2v) is 14.9. The molecule has 0 saturated heterocycles. The summed E-state index contributed by atoms with van der Waals surface area (Å²) in [5, 5.41) is 6.97. The van der Waals surface area contributed by atoms with Gasteiger partial charge < -0.3 is 28.4 Å². The van der Waals surface area contributed by atoms with E-state index < -0.39 is 23.9 Å². The molecule has 12 nitrogen and oxygen atoms in total. The number of hydrogen-bond acceptors (Lipinski definition) is 11. The van der Waals surface area contributed by atoms with E-state index in [9.17, 15) is 19.2 Å². The van der Waals surface area contributed by atoms with Crippen molar-refractivity contribution < 1.29 is 47.6 Å². The minimum atomic E-state index is -0.593. The first kappa shape index (κ1) is 46.0. The zero-order valence-corrected chi connectivity index (χ0v) is 36.0. The summed E-state index contributed by atoms with van der Waals surface area (Å²) in [6.07, 6.45) is 10.7. The molecule has 64 heavy (non-hydrogen) atoms. The minimum absolute atomic E-state index is 0.211. The van der Waals surface area contributed by atoms with Crippen molar-refractivity contribution in [3.05, 3.63) is 157 Å². The lowest BCUT2D eigenvalue weighted by Gasteiger charge is -2.11. The first-order chi connectivity index (χ1) is 31.2. The topological polar surface area (TPSA) is 141 Å². The van der Waals surface area contributed by atoms with Gasteiger partial charge in [0.2, 0.25) is 0 Å². The average molecular weight is 865 g/mol. The number of fused-ring (bicyclic) bond motifs is 3. The number of benzene rings is 5. The highest BCUT2D eigenvalue weighted by atomic mass is 16.5. The Morgan fingerprint density at radius 2 is 1.06 bits per heavy atom. The number of aryl methyl sites for hydroxylation is 1. The predicted molar refractivity (Wildman–Crippen MR) is 247 cm³/mol. The number of unbranched alkanes of at least 4 members (excludes halogenated alkanes) is 6. The van der Waals surface area contributed by atoms with Gasteiger partial charge in [0, 0.05) is 28.5 Å². The van der Waals surface area contributed by atoms with Gasteiger partial charge in [-0.25, -0.2) is 23.9 Å². The van der Waals surface area contributed by atoms with Crippen LogP contribution in [0, 0.1) is 6.92 Å². The second-order valence-electron chi connectivity index (χ2n) is 14.9. The normalized spacial score (nSPS) is 11.0. The van der Waals surface area contributed by atoms with Gasteiger partial charge >= 0.3 is 23.9 Å². The van der Waals surface area contributed by atoms with E-state index in [4.69, 9.17) is 33.5 Å². The fourth-order valence-corrected chi connectivity index (χ4v) is 6.75. The number of aromatic nitrogens is 1. The maximum Gasteiger partial charge on any atom is 0.343 e. The van der Waals surface area contributed by atoms with E-state index >= 15 is 0 Å². The first-order valence-electron chi connectivity index (χ1n) is 21.4. The maximum absolute atomic E-state index is 13.5. The lowest BCUT2D eigenvalue weighted by molar-refractivity contribution is -0.138. The third-order valence-corrected chi connectivity index (χ3v) is 10.1. The average Bonchev–Trinajstić information content (AvgIpc) is 3.62. The number of nitrogens with zero attached hydrogens (tertiary/aromatic N) is 2. The van der Waals surface area contributed by atoms with Crippen molar-refractivity contribution in [2.45, 2.75) is 58.3 Å². The van der Waals surface area contributed by atoms with Crippen LogP contribution in [0.15, 0.2) is 140 Å². The van der Waals surface area contributed by atoms with Crippen LogP contribution in [0.3, 0.4) is 0 Å². The molecule has 0 unspecified atom stereocenters. The van der Waals surface area contributed by atoms with Gasteiger partial charge in [0.1, 0.15) is 23.0 Å². The summed E-state index contributed by atoms with van der Waals surface area (Å²) in [5.74, 6) is -0.329. The van der Waals surface area contributed by atoms with Crippen molar-refractivity contribution >= 4 is 51.9 Å². The Balaban J connectivity index is 1.11. The molecule has 1 heterocycles. The highest BCUT2D eigenvalue weighted by Gasteiger charge is 2.16. The van der Waals surface area contributed by atoms with Gasteiger partial charge in [-0.3, -0.25) is 0 Å². The predicted octanol–water partition coefficient (Wildman–Crippen LogP) is 10.8. The molecular weight excluding hydrogens is 813 g/mol. The highest BCUT2D eigenvalue weighted by molar-refractivity contribution is 6.08. The number of hydrogen-bond donors (Lipinski definition) is 0. The van der Waals surface area contributed by atoms with Crippen molar-refractivity contribution in [3.63, 3.8) is 0 Å². The van der Waals surface area contributed by atoms with Gasteiger partial charge in [-0.15, -0.1) is 0 Å². The van der Waals surface area contributed by atoms with Crippen LogP contribution in [0.4, 0.5) is 0 Å². The van der Waals surface area contributed by atoms with Crippen molar-refractivity contribution in [3.8, 4) is 23.0 Å². The van der Waals surface area contributed by atoms with Crippen LogP contribution >= 0.6 is 0 Å². The zero-order valence-electron chi connectivity index (χ0n) is 36.0. The summed E-state index contributed by atoms with van der Waals surface area (Å²) in [5.41, 5.74) is 3.95. The molecule has 330 valence electrons. The lowest BCUT2D eigenvalue weighted by atomic mass is 10.1. The molecule has 0 fully saturated rings. The summed E-state index contributed by atoms with van der Waals surface area (Å²) < 4.78 is 35.3. The van der Waals surface area contributed by atoms with Gasteiger partial charge in [-0.1, -0.05) is 43.0 Å². The number of carbonyl (C=O) groups excluding carboxylic acids is 4. The molecular formula is C52H52N2O10. The molecule has 0 aliphatic heterocycles. The maximum atomic E-state index is 13.5. The molecule has 0 aliphatic carbocycles.